The quantitative estimate of drug-likeness (QED) is 0.0769. The molecule has 0 aliphatic carbocycles. The van der Waals surface area contributed by atoms with E-state index in [1.54, 1.807) is 24.3 Å². The Kier molecular flexibility index (Phi) is 28.2. The first-order valence-corrected chi connectivity index (χ1v) is 21.2. The molecule has 2 rings (SSSR count). The topological polar surface area (TPSA) is 131 Å². The van der Waals surface area contributed by atoms with E-state index in [1.807, 2.05) is 0 Å². The van der Waals surface area contributed by atoms with Crippen LogP contribution >= 0.6 is 0 Å². The Morgan fingerprint density at radius 1 is 0.413 bits per heavy atom. The molecular weight excluding hydrogens is 700 g/mol. The molecule has 0 saturated carbocycles. The average molecular weight is 758 g/mol. The first-order valence-electron chi connectivity index (χ1n) is 17.4. The summed E-state index contributed by atoms with van der Waals surface area (Å²) in [5.74, 6) is 0. The van der Waals surface area contributed by atoms with Gasteiger partial charge in [-0.2, -0.15) is 0 Å². The standard InChI is InChI=1S/2C18H30O3S.O.Zr/c2*1-2-3-4-5-6-7-8-9-10-11-12-17-13-15-18(16-14-17)22(19,20)21;;/h2*13-16H,2-12H2,1H3,(H,19,20,21);;/q;;;+2/p-2. The van der Waals surface area contributed by atoms with Crippen LogP contribution in [-0.4, -0.2) is 25.9 Å². The summed E-state index contributed by atoms with van der Waals surface area (Å²) in [6, 6.07) is 12.6. The van der Waals surface area contributed by atoms with Crippen molar-refractivity contribution in [3.63, 3.8) is 0 Å². The van der Waals surface area contributed by atoms with E-state index in [0.717, 1.165) is 36.8 Å². The molecule has 0 amide bonds. The van der Waals surface area contributed by atoms with Crippen molar-refractivity contribution >= 4 is 20.2 Å². The van der Waals surface area contributed by atoms with Crippen molar-refractivity contribution < 1.29 is 53.5 Å². The van der Waals surface area contributed by atoms with Crippen LogP contribution in [0.15, 0.2) is 58.3 Å². The predicted molar refractivity (Wildman–Crippen MR) is 181 cm³/mol. The Bertz CT molecular complexity index is 1100. The maximum absolute atomic E-state index is 10.8. The molecule has 2 aromatic rings. The number of rotatable bonds is 24. The average Bonchev–Trinajstić information content (AvgIpc) is 3.04. The monoisotopic (exact) mass is 756 g/mol. The van der Waals surface area contributed by atoms with Crippen molar-refractivity contribution in [2.45, 2.75) is 165 Å². The molecule has 0 aliphatic heterocycles. The van der Waals surface area contributed by atoms with Gasteiger partial charge in [-0.3, -0.25) is 0 Å². The van der Waals surface area contributed by atoms with Gasteiger partial charge in [-0.25, -0.2) is 16.8 Å². The summed E-state index contributed by atoms with van der Waals surface area (Å²) in [5, 5.41) is 0. The van der Waals surface area contributed by atoms with Crippen LogP contribution < -0.4 is 0 Å². The van der Waals surface area contributed by atoms with Crippen molar-refractivity contribution in [1.82, 2.24) is 0 Å². The van der Waals surface area contributed by atoms with Crippen LogP contribution in [0.2, 0.25) is 0 Å². The third-order valence-corrected chi connectivity index (χ3v) is 9.76. The molecule has 2 aromatic carbocycles. The van der Waals surface area contributed by atoms with Gasteiger partial charge in [0.25, 0.3) is 0 Å². The Balaban J connectivity index is 0.000000835. The molecule has 0 heterocycles. The SMILES string of the molecule is CCCCCCCCCCCCc1ccc(S(=O)(=O)[O-])cc1.CCCCCCCCCCCCc1ccc(S(=O)(=O)[O-])cc1.[O]=[Zr+2]. The summed E-state index contributed by atoms with van der Waals surface area (Å²) >= 11 is 0.300. The summed E-state index contributed by atoms with van der Waals surface area (Å²) < 4.78 is 73.3. The number of aryl methyl sites for hydroxylation is 2. The fraction of sp³-hybridized carbons (Fsp3) is 0.667. The number of unbranched alkanes of at least 4 members (excludes halogenated alkanes) is 18. The molecule has 0 aliphatic rings. The van der Waals surface area contributed by atoms with Gasteiger partial charge in [0.05, 0.1) is 9.79 Å². The molecular formula is C36H58O7S2Zr. The number of hydrogen-bond donors (Lipinski definition) is 0. The second kappa shape index (κ2) is 28.9. The van der Waals surface area contributed by atoms with Gasteiger partial charge >= 0.3 is 27.5 Å². The summed E-state index contributed by atoms with van der Waals surface area (Å²) in [7, 11) is -8.63. The van der Waals surface area contributed by atoms with Crippen molar-refractivity contribution in [2.24, 2.45) is 0 Å². The van der Waals surface area contributed by atoms with Crippen LogP contribution in [-0.2, 0) is 60.6 Å². The van der Waals surface area contributed by atoms with E-state index in [1.165, 1.54) is 140 Å². The molecule has 0 spiro atoms. The molecule has 0 fully saturated rings. The fourth-order valence-electron chi connectivity index (χ4n) is 5.28. The van der Waals surface area contributed by atoms with Crippen LogP contribution in [0.1, 0.15) is 153 Å². The van der Waals surface area contributed by atoms with Crippen LogP contribution in [0.3, 0.4) is 0 Å². The second-order valence-corrected chi connectivity index (χ2v) is 14.8. The van der Waals surface area contributed by atoms with Gasteiger partial charge in [-0.1, -0.05) is 154 Å². The molecule has 0 bridgehead atoms. The summed E-state index contributed by atoms with van der Waals surface area (Å²) in [4.78, 5) is -0.279. The van der Waals surface area contributed by atoms with Gasteiger partial charge in [0.1, 0.15) is 20.2 Å². The van der Waals surface area contributed by atoms with Crippen LogP contribution in [0, 0.1) is 0 Å². The summed E-state index contributed by atoms with van der Waals surface area (Å²) in [5.41, 5.74) is 2.21. The van der Waals surface area contributed by atoms with Gasteiger partial charge in [0.2, 0.25) is 0 Å². The maximum atomic E-state index is 10.8. The molecule has 0 atom stereocenters. The van der Waals surface area contributed by atoms with Crippen molar-refractivity contribution in [2.75, 3.05) is 0 Å². The van der Waals surface area contributed by atoms with Crippen molar-refractivity contribution in [3.05, 3.63) is 59.7 Å². The van der Waals surface area contributed by atoms with E-state index < -0.39 is 20.2 Å². The number of hydrogen-bond acceptors (Lipinski definition) is 7. The summed E-state index contributed by atoms with van der Waals surface area (Å²) in [6.45, 7) is 4.49. The van der Waals surface area contributed by atoms with Crippen LogP contribution in [0.25, 0.3) is 0 Å². The molecule has 7 nitrogen and oxygen atoms in total. The Morgan fingerprint density at radius 3 is 0.848 bits per heavy atom. The van der Waals surface area contributed by atoms with E-state index in [-0.39, 0.29) is 9.79 Å². The Hall–Kier alpha value is -1.06. The van der Waals surface area contributed by atoms with E-state index in [0.29, 0.717) is 24.7 Å². The van der Waals surface area contributed by atoms with Gasteiger partial charge in [0.15, 0.2) is 0 Å². The third-order valence-electron chi connectivity index (χ3n) is 8.06. The first kappa shape index (κ1) is 44.9. The zero-order chi connectivity index (χ0) is 34.5. The van der Waals surface area contributed by atoms with Gasteiger partial charge < -0.3 is 9.11 Å². The molecule has 0 radical (unpaired) electrons. The van der Waals surface area contributed by atoms with E-state index >= 15 is 0 Å². The van der Waals surface area contributed by atoms with Crippen LogP contribution in [0.5, 0.6) is 0 Å². The Morgan fingerprint density at radius 2 is 0.630 bits per heavy atom. The van der Waals surface area contributed by atoms with Crippen molar-refractivity contribution in [3.8, 4) is 0 Å². The zero-order valence-corrected chi connectivity index (χ0v) is 32.4. The van der Waals surface area contributed by atoms with E-state index in [4.69, 9.17) is 2.81 Å². The fourth-order valence-corrected chi connectivity index (χ4v) is 6.22. The second-order valence-electron chi connectivity index (χ2n) is 12.1. The molecule has 0 saturated heterocycles. The van der Waals surface area contributed by atoms with E-state index in [9.17, 15) is 25.9 Å². The van der Waals surface area contributed by atoms with Crippen molar-refractivity contribution in [1.29, 1.82) is 0 Å². The first-order chi connectivity index (χ1) is 22.1. The minimum absolute atomic E-state index is 0.140. The van der Waals surface area contributed by atoms with E-state index in [2.05, 4.69) is 13.8 Å². The normalized spacial score (nSPS) is 11.3. The molecule has 46 heavy (non-hydrogen) atoms. The third kappa shape index (κ3) is 25.0. The zero-order valence-electron chi connectivity index (χ0n) is 28.3. The molecule has 10 heteroatoms. The number of benzene rings is 2. The predicted octanol–water partition coefficient (Wildman–Crippen LogP) is 9.99. The molecule has 260 valence electrons. The minimum atomic E-state index is -4.31. The van der Waals surface area contributed by atoms with Gasteiger partial charge in [-0.15, -0.1) is 0 Å². The molecule has 0 unspecified atom stereocenters. The van der Waals surface area contributed by atoms with Gasteiger partial charge in [0, 0.05) is 0 Å². The molecule has 0 N–H and O–H groups in total. The van der Waals surface area contributed by atoms with Gasteiger partial charge in [-0.05, 0) is 61.1 Å². The molecule has 0 aromatic heterocycles. The van der Waals surface area contributed by atoms with Crippen LogP contribution in [0.4, 0.5) is 0 Å². The Labute approximate surface area is 296 Å². The summed E-state index contributed by atoms with van der Waals surface area (Å²) in [6.07, 6.45) is 28.1.